The monoisotopic (exact) mass is 606 g/mol. The Kier molecular flexibility index (Phi) is 9.69. The number of nitrogens with zero attached hydrogens (tertiary/aromatic N) is 5. The van der Waals surface area contributed by atoms with Gasteiger partial charge in [0.05, 0.1) is 12.6 Å². The first-order valence-electron chi connectivity index (χ1n) is 15.4. The highest BCUT2D eigenvalue weighted by Gasteiger charge is 2.52. The van der Waals surface area contributed by atoms with Gasteiger partial charge in [0.1, 0.15) is 17.2 Å². The number of rotatable bonds is 11. The Bertz CT molecular complexity index is 1410. The third-order valence-corrected chi connectivity index (χ3v) is 9.18. The van der Waals surface area contributed by atoms with Gasteiger partial charge in [-0.25, -0.2) is 9.38 Å². The minimum atomic E-state index is -0.708. The molecule has 1 N–H and O–H groups in total. The molecule has 228 valence electrons. The van der Waals surface area contributed by atoms with Crippen LogP contribution in [-0.2, 0) is 4.79 Å². The SMILES string of the molecule is CCCCC[C@H](c1ccc(C(=O)NCC2=NCN=N2)cc1)N1C(=O)C(c2cc(F)cc(Cl)c2)=NC12CCC(C(C)C)CC2. The van der Waals surface area contributed by atoms with Crippen molar-refractivity contribution < 1.29 is 14.0 Å². The van der Waals surface area contributed by atoms with E-state index in [1.807, 2.05) is 17.0 Å². The van der Waals surface area contributed by atoms with Crippen LogP contribution in [0.25, 0.3) is 0 Å². The fraction of sp³-hybridized carbons (Fsp3) is 0.515. The molecule has 0 saturated heterocycles. The Morgan fingerprint density at radius 3 is 2.51 bits per heavy atom. The Morgan fingerprint density at radius 2 is 1.88 bits per heavy atom. The van der Waals surface area contributed by atoms with E-state index in [1.54, 1.807) is 18.2 Å². The van der Waals surface area contributed by atoms with Gasteiger partial charge in [0.15, 0.2) is 12.5 Å². The van der Waals surface area contributed by atoms with E-state index in [-0.39, 0.29) is 35.1 Å². The summed E-state index contributed by atoms with van der Waals surface area (Å²) in [7, 11) is 0. The van der Waals surface area contributed by atoms with Crippen molar-refractivity contribution >= 4 is 35.0 Å². The molecule has 1 saturated carbocycles. The van der Waals surface area contributed by atoms with E-state index in [0.29, 0.717) is 35.5 Å². The number of halogens is 2. The summed E-state index contributed by atoms with van der Waals surface area (Å²) < 4.78 is 14.4. The van der Waals surface area contributed by atoms with E-state index in [0.717, 1.165) is 56.9 Å². The smallest absolute Gasteiger partial charge is 0.275 e. The lowest BCUT2D eigenvalue weighted by atomic mass is 9.76. The van der Waals surface area contributed by atoms with Crippen LogP contribution in [0.5, 0.6) is 0 Å². The number of amides is 2. The standard InChI is InChI=1S/C33H40ClFN6O2/c1-4-5-6-7-28(23-8-10-24(11-9-23)31(42)36-19-29-37-20-38-40-29)41-32(43)30(25-16-26(34)18-27(35)17-25)39-33(41)14-12-22(13-15-33)21(2)3/h8-11,16-18,21-22,28H,4-7,12-15,19-20H2,1-3H3,(H,36,42)/t22?,28-,33?/m1/s1. The number of unbranched alkanes of at least 4 members (excludes halogenated alkanes) is 2. The van der Waals surface area contributed by atoms with Gasteiger partial charge >= 0.3 is 0 Å². The van der Waals surface area contributed by atoms with E-state index in [4.69, 9.17) is 16.6 Å². The van der Waals surface area contributed by atoms with Crippen LogP contribution >= 0.6 is 11.6 Å². The van der Waals surface area contributed by atoms with Crippen LogP contribution in [0.1, 0.15) is 99.7 Å². The lowest BCUT2D eigenvalue weighted by molar-refractivity contribution is -0.133. The highest BCUT2D eigenvalue weighted by Crippen LogP contribution is 2.48. The fourth-order valence-electron chi connectivity index (χ4n) is 6.54. The van der Waals surface area contributed by atoms with E-state index in [1.165, 1.54) is 12.1 Å². The minimum absolute atomic E-state index is 0.195. The fourth-order valence-corrected chi connectivity index (χ4v) is 6.77. The molecular formula is C33H40ClFN6O2. The summed E-state index contributed by atoms with van der Waals surface area (Å²) in [4.78, 5) is 38.4. The van der Waals surface area contributed by atoms with Crippen molar-refractivity contribution in [2.75, 3.05) is 13.2 Å². The van der Waals surface area contributed by atoms with E-state index in [2.05, 4.69) is 41.3 Å². The van der Waals surface area contributed by atoms with E-state index >= 15 is 0 Å². The maximum Gasteiger partial charge on any atom is 0.275 e. The summed E-state index contributed by atoms with van der Waals surface area (Å²) >= 11 is 6.22. The maximum absolute atomic E-state index is 14.4. The van der Waals surface area contributed by atoms with Gasteiger partial charge in [-0.05, 0) is 79.8 Å². The molecule has 43 heavy (non-hydrogen) atoms. The number of azo groups is 1. The molecule has 3 aliphatic rings. The molecule has 1 atom stereocenters. The summed E-state index contributed by atoms with van der Waals surface area (Å²) in [6.45, 7) is 7.17. The molecule has 0 aromatic heterocycles. The quantitative estimate of drug-likeness (QED) is 0.267. The Labute approximate surface area is 257 Å². The average molecular weight is 607 g/mol. The molecule has 2 heterocycles. The maximum atomic E-state index is 14.4. The normalized spacial score (nSPS) is 22.3. The molecular weight excluding hydrogens is 567 g/mol. The molecule has 0 bridgehead atoms. The van der Waals surface area contributed by atoms with E-state index < -0.39 is 11.5 Å². The average Bonchev–Trinajstić information content (AvgIpc) is 3.61. The molecule has 5 rings (SSSR count). The first-order chi connectivity index (χ1) is 20.7. The molecule has 2 aromatic rings. The number of benzene rings is 2. The second-order valence-corrected chi connectivity index (χ2v) is 12.6. The summed E-state index contributed by atoms with van der Waals surface area (Å²) in [6.07, 6.45) is 7.22. The highest BCUT2D eigenvalue weighted by molar-refractivity contribution is 6.47. The number of hydrogen-bond acceptors (Lipinski definition) is 6. The molecule has 0 unspecified atom stereocenters. The van der Waals surface area contributed by atoms with Crippen LogP contribution in [0.3, 0.4) is 0 Å². The largest absolute Gasteiger partial charge is 0.345 e. The predicted molar refractivity (Wildman–Crippen MR) is 167 cm³/mol. The summed E-state index contributed by atoms with van der Waals surface area (Å²) in [5.41, 5.74) is 1.44. The second kappa shape index (κ2) is 13.5. The Morgan fingerprint density at radius 1 is 1.14 bits per heavy atom. The van der Waals surface area contributed by atoms with Crippen LogP contribution in [0.2, 0.25) is 5.02 Å². The molecule has 1 aliphatic carbocycles. The summed E-state index contributed by atoms with van der Waals surface area (Å²) in [6, 6.07) is 11.4. The van der Waals surface area contributed by atoms with Crippen LogP contribution in [0, 0.1) is 17.7 Å². The van der Waals surface area contributed by atoms with Gasteiger partial charge in [0.2, 0.25) is 0 Å². The van der Waals surface area contributed by atoms with Crippen molar-refractivity contribution in [3.05, 3.63) is 70.0 Å². The first-order valence-corrected chi connectivity index (χ1v) is 15.8. The van der Waals surface area contributed by atoms with Crippen molar-refractivity contribution in [3.63, 3.8) is 0 Å². The molecule has 8 nitrogen and oxygen atoms in total. The zero-order valence-corrected chi connectivity index (χ0v) is 25.9. The Balaban J connectivity index is 1.47. The molecule has 2 aliphatic heterocycles. The summed E-state index contributed by atoms with van der Waals surface area (Å²) in [5, 5.41) is 10.8. The van der Waals surface area contributed by atoms with Crippen LogP contribution in [-0.4, -0.2) is 47.1 Å². The van der Waals surface area contributed by atoms with Gasteiger partial charge in [-0.15, -0.1) is 5.11 Å². The molecule has 2 aromatic carbocycles. The molecule has 2 amide bonds. The van der Waals surface area contributed by atoms with Crippen molar-refractivity contribution in [3.8, 4) is 0 Å². The van der Waals surface area contributed by atoms with Gasteiger partial charge in [0.25, 0.3) is 11.8 Å². The molecule has 1 spiro atoms. The zero-order valence-electron chi connectivity index (χ0n) is 25.2. The number of hydrogen-bond donors (Lipinski definition) is 1. The predicted octanol–water partition coefficient (Wildman–Crippen LogP) is 7.53. The lowest BCUT2D eigenvalue weighted by Crippen LogP contribution is -2.51. The van der Waals surface area contributed by atoms with Crippen LogP contribution in [0.15, 0.2) is 62.7 Å². The van der Waals surface area contributed by atoms with Crippen LogP contribution in [0.4, 0.5) is 4.39 Å². The van der Waals surface area contributed by atoms with Crippen molar-refractivity contribution in [2.24, 2.45) is 32.0 Å². The summed E-state index contributed by atoms with van der Waals surface area (Å²) in [5.74, 6) is 0.703. The molecule has 1 fully saturated rings. The van der Waals surface area contributed by atoms with Crippen molar-refractivity contribution in [2.45, 2.75) is 83.8 Å². The number of carbonyl (C=O) groups is 2. The second-order valence-electron chi connectivity index (χ2n) is 12.1. The van der Waals surface area contributed by atoms with Crippen LogP contribution < -0.4 is 5.32 Å². The zero-order chi connectivity index (χ0) is 30.6. The van der Waals surface area contributed by atoms with Crippen molar-refractivity contribution in [1.29, 1.82) is 0 Å². The van der Waals surface area contributed by atoms with Gasteiger partial charge in [-0.1, -0.05) is 63.8 Å². The van der Waals surface area contributed by atoms with Gasteiger partial charge in [-0.2, -0.15) is 5.11 Å². The highest BCUT2D eigenvalue weighted by atomic mass is 35.5. The lowest BCUT2D eigenvalue weighted by Gasteiger charge is -2.46. The van der Waals surface area contributed by atoms with Gasteiger partial charge < -0.3 is 10.2 Å². The third-order valence-electron chi connectivity index (χ3n) is 8.96. The van der Waals surface area contributed by atoms with Crippen molar-refractivity contribution in [1.82, 2.24) is 10.2 Å². The van der Waals surface area contributed by atoms with Gasteiger partial charge in [-0.3, -0.25) is 14.6 Å². The topological polar surface area (TPSA) is 98.9 Å². The minimum Gasteiger partial charge on any atom is -0.345 e. The molecule has 0 radical (unpaired) electrons. The first kappa shape index (κ1) is 31.0. The molecule has 10 heteroatoms. The third kappa shape index (κ3) is 6.87. The van der Waals surface area contributed by atoms with E-state index in [9.17, 15) is 14.0 Å². The number of amidine groups is 1. The number of carbonyl (C=O) groups excluding carboxylic acids is 2. The number of nitrogens with one attached hydrogen (secondary N) is 1. The number of aliphatic imine (C=N–C) groups is 2. The Hall–Kier alpha value is -3.46. The van der Waals surface area contributed by atoms with Gasteiger partial charge in [0, 0.05) is 16.1 Å².